The quantitative estimate of drug-likeness (QED) is 0.0976. The lowest BCUT2D eigenvalue weighted by atomic mass is 10.0. The summed E-state index contributed by atoms with van der Waals surface area (Å²) in [5.41, 5.74) is 3.47. The molecule has 0 radical (unpaired) electrons. The normalized spacial score (nSPS) is 10.7. The first kappa shape index (κ1) is 33.2. The van der Waals surface area contributed by atoms with Gasteiger partial charge in [-0.2, -0.15) is 9.98 Å². The van der Waals surface area contributed by atoms with Crippen molar-refractivity contribution in [1.82, 2.24) is 0 Å². The number of isocyanates is 2. The summed E-state index contributed by atoms with van der Waals surface area (Å²) >= 11 is 0. The van der Waals surface area contributed by atoms with Crippen LogP contribution in [0.3, 0.4) is 0 Å². The summed E-state index contributed by atoms with van der Waals surface area (Å²) in [5, 5.41) is 24.9. The molecule has 220 valence electrons. The molecule has 0 saturated carbocycles. The molecule has 3 N–H and O–H groups in total. The van der Waals surface area contributed by atoms with Crippen LogP contribution in [0.25, 0.3) is 0 Å². The monoisotopic (exact) mass is 588 g/mol. The SMILES string of the molecule is O=C(O)CCCCC(=O)O.O=C(O)c1ccc2c(c1)C(=O)OC2=O.O=C=Nc1ccc(Cc2ccc(N=C=O)cc2)cc1. The number of carboxylic acid groups (broad SMARTS) is 3. The predicted molar refractivity (Wildman–Crippen MR) is 148 cm³/mol. The summed E-state index contributed by atoms with van der Waals surface area (Å²) in [5.74, 6) is -4.43. The number of aliphatic imine (C=N–C) groups is 2. The van der Waals surface area contributed by atoms with E-state index in [-0.39, 0.29) is 29.5 Å². The molecular formula is C30H24N2O11. The fraction of sp³-hybridized carbons (Fsp3) is 0.167. The average molecular weight is 589 g/mol. The van der Waals surface area contributed by atoms with Crippen LogP contribution in [0.4, 0.5) is 11.4 Å². The van der Waals surface area contributed by atoms with Crippen molar-refractivity contribution >= 4 is 53.4 Å². The molecule has 13 heteroatoms. The van der Waals surface area contributed by atoms with Gasteiger partial charge in [-0.1, -0.05) is 24.3 Å². The van der Waals surface area contributed by atoms with Gasteiger partial charge in [-0.05, 0) is 72.9 Å². The van der Waals surface area contributed by atoms with Crippen molar-refractivity contribution in [1.29, 1.82) is 0 Å². The number of hydrogen-bond donors (Lipinski definition) is 3. The van der Waals surface area contributed by atoms with E-state index < -0.39 is 29.8 Å². The van der Waals surface area contributed by atoms with Gasteiger partial charge in [0, 0.05) is 12.8 Å². The topological polar surface area (TPSA) is 214 Å². The maximum Gasteiger partial charge on any atom is 0.346 e. The van der Waals surface area contributed by atoms with Gasteiger partial charge in [0.1, 0.15) is 0 Å². The van der Waals surface area contributed by atoms with E-state index in [0.717, 1.165) is 23.6 Å². The number of unbranched alkanes of at least 4 members (excludes halogenated alkanes) is 1. The van der Waals surface area contributed by atoms with Crippen molar-refractivity contribution in [3.8, 4) is 0 Å². The molecule has 3 aromatic carbocycles. The molecule has 0 saturated heterocycles. The molecule has 0 amide bonds. The van der Waals surface area contributed by atoms with E-state index in [4.69, 9.17) is 15.3 Å². The molecule has 1 aliphatic rings. The van der Waals surface area contributed by atoms with Gasteiger partial charge < -0.3 is 20.1 Å². The second-order valence-corrected chi connectivity index (χ2v) is 8.65. The van der Waals surface area contributed by atoms with Gasteiger partial charge >= 0.3 is 29.8 Å². The lowest BCUT2D eigenvalue weighted by molar-refractivity contribution is -0.139. The van der Waals surface area contributed by atoms with Crippen molar-refractivity contribution in [3.05, 3.63) is 94.5 Å². The summed E-state index contributed by atoms with van der Waals surface area (Å²) in [6.45, 7) is 0. The van der Waals surface area contributed by atoms with Crippen LogP contribution in [0.2, 0.25) is 0 Å². The highest BCUT2D eigenvalue weighted by Gasteiger charge is 2.30. The van der Waals surface area contributed by atoms with Crippen LogP contribution in [-0.4, -0.2) is 57.3 Å². The maximum atomic E-state index is 11.0. The van der Waals surface area contributed by atoms with Crippen molar-refractivity contribution in [3.63, 3.8) is 0 Å². The maximum absolute atomic E-state index is 11.0. The number of carbonyl (C=O) groups excluding carboxylic acids is 4. The van der Waals surface area contributed by atoms with Crippen LogP contribution in [0, 0.1) is 0 Å². The Kier molecular flexibility index (Phi) is 13.1. The number of aliphatic carboxylic acids is 2. The Morgan fingerprint density at radius 1 is 0.651 bits per heavy atom. The number of ether oxygens (including phenoxy) is 1. The van der Waals surface area contributed by atoms with E-state index in [2.05, 4.69) is 14.7 Å². The lowest BCUT2D eigenvalue weighted by Gasteiger charge is -2.02. The third-order valence-corrected chi connectivity index (χ3v) is 5.55. The third-order valence-electron chi connectivity index (χ3n) is 5.55. The summed E-state index contributed by atoms with van der Waals surface area (Å²) in [6.07, 6.45) is 4.79. The van der Waals surface area contributed by atoms with Crippen LogP contribution >= 0.6 is 0 Å². The first-order chi connectivity index (χ1) is 20.5. The van der Waals surface area contributed by atoms with Crippen molar-refractivity contribution in [2.75, 3.05) is 0 Å². The number of hydrogen-bond acceptors (Lipinski definition) is 10. The third kappa shape index (κ3) is 11.5. The number of cyclic esters (lactones) is 2. The van der Waals surface area contributed by atoms with Crippen LogP contribution < -0.4 is 0 Å². The molecule has 0 fully saturated rings. The summed E-state index contributed by atoms with van der Waals surface area (Å²) < 4.78 is 4.30. The van der Waals surface area contributed by atoms with Gasteiger partial charge in [-0.15, -0.1) is 0 Å². The van der Waals surface area contributed by atoms with Crippen molar-refractivity contribution in [2.24, 2.45) is 9.98 Å². The molecular weight excluding hydrogens is 564 g/mol. The van der Waals surface area contributed by atoms with Gasteiger partial charge in [0.05, 0.1) is 28.1 Å². The fourth-order valence-corrected chi connectivity index (χ4v) is 3.49. The molecule has 13 nitrogen and oxygen atoms in total. The number of aromatic carboxylic acids is 1. The zero-order valence-corrected chi connectivity index (χ0v) is 22.4. The van der Waals surface area contributed by atoms with Crippen LogP contribution in [0.5, 0.6) is 0 Å². The minimum atomic E-state index is -1.15. The Bertz CT molecular complexity index is 1510. The van der Waals surface area contributed by atoms with Crippen LogP contribution in [0.15, 0.2) is 76.7 Å². The Balaban J connectivity index is 0.000000238. The molecule has 1 aliphatic heterocycles. The smallest absolute Gasteiger partial charge is 0.346 e. The molecule has 4 rings (SSSR count). The number of rotatable bonds is 10. The Hall–Kier alpha value is -6.03. The predicted octanol–water partition coefficient (Wildman–Crippen LogP) is 4.62. The Labute approximate surface area is 243 Å². The van der Waals surface area contributed by atoms with E-state index in [1.165, 1.54) is 24.3 Å². The van der Waals surface area contributed by atoms with Gasteiger partial charge in [0.15, 0.2) is 0 Å². The highest BCUT2D eigenvalue weighted by molar-refractivity contribution is 6.15. The van der Waals surface area contributed by atoms with Gasteiger partial charge in [-0.3, -0.25) is 9.59 Å². The van der Waals surface area contributed by atoms with E-state index in [1.54, 1.807) is 24.3 Å². The highest BCUT2D eigenvalue weighted by Crippen LogP contribution is 2.21. The van der Waals surface area contributed by atoms with Gasteiger partial charge in [0.25, 0.3) is 0 Å². The van der Waals surface area contributed by atoms with E-state index in [0.29, 0.717) is 24.2 Å². The largest absolute Gasteiger partial charge is 0.481 e. The van der Waals surface area contributed by atoms with Crippen LogP contribution in [-0.2, 0) is 30.3 Å². The molecule has 1 heterocycles. The molecule has 0 atom stereocenters. The molecule has 0 bridgehead atoms. The fourth-order valence-electron chi connectivity index (χ4n) is 3.49. The van der Waals surface area contributed by atoms with Crippen molar-refractivity contribution < 1.29 is 53.6 Å². The minimum Gasteiger partial charge on any atom is -0.481 e. The Morgan fingerprint density at radius 3 is 1.49 bits per heavy atom. The molecule has 0 spiro atoms. The number of nitrogens with zero attached hydrogens (tertiary/aromatic N) is 2. The first-order valence-electron chi connectivity index (χ1n) is 12.4. The van der Waals surface area contributed by atoms with E-state index in [1.807, 2.05) is 24.3 Å². The molecule has 0 unspecified atom stereocenters. The van der Waals surface area contributed by atoms with Gasteiger partial charge in [0.2, 0.25) is 12.2 Å². The molecule has 0 aromatic heterocycles. The van der Waals surface area contributed by atoms with Crippen molar-refractivity contribution in [2.45, 2.75) is 32.1 Å². The zero-order valence-electron chi connectivity index (χ0n) is 22.4. The number of esters is 2. The second-order valence-electron chi connectivity index (χ2n) is 8.65. The van der Waals surface area contributed by atoms with Crippen LogP contribution in [0.1, 0.15) is 67.9 Å². The average Bonchev–Trinajstić information content (AvgIpc) is 3.26. The minimum absolute atomic E-state index is 0.00917. The number of benzene rings is 3. The van der Waals surface area contributed by atoms with E-state index >= 15 is 0 Å². The summed E-state index contributed by atoms with van der Waals surface area (Å²) in [7, 11) is 0. The first-order valence-corrected chi connectivity index (χ1v) is 12.4. The number of carboxylic acids is 3. The highest BCUT2D eigenvalue weighted by atomic mass is 16.6. The number of carbonyl (C=O) groups is 5. The number of fused-ring (bicyclic) bond motifs is 1. The Morgan fingerprint density at radius 2 is 1.09 bits per heavy atom. The molecule has 0 aliphatic carbocycles. The second kappa shape index (κ2) is 16.9. The lowest BCUT2D eigenvalue weighted by Crippen LogP contribution is -2.00. The molecule has 3 aromatic rings. The van der Waals surface area contributed by atoms with Gasteiger partial charge in [-0.25, -0.2) is 24.0 Å². The summed E-state index contributed by atoms with van der Waals surface area (Å²) in [6, 6.07) is 18.4. The zero-order chi connectivity index (χ0) is 31.8. The molecule has 43 heavy (non-hydrogen) atoms. The summed E-state index contributed by atoms with van der Waals surface area (Å²) in [4.78, 5) is 79.6. The standard InChI is InChI=1S/C15H10N2O2.C9H4O5.C6H10O4/c18-10-16-14-5-1-12(2-6-14)9-13-3-7-15(8-4-13)17-11-19;10-7(11)4-1-2-5-6(3-4)9(13)14-8(5)12;7-5(8)3-1-2-4-6(9)10/h1-8H,9H2;1-3H,(H,10,11);1-4H2,(H,7,8)(H,9,10). The van der Waals surface area contributed by atoms with E-state index in [9.17, 15) is 33.6 Å².